The Morgan fingerprint density at radius 3 is 2.60 bits per heavy atom. The summed E-state index contributed by atoms with van der Waals surface area (Å²) in [6, 6.07) is 15.2. The molecule has 6 nitrogen and oxygen atoms in total. The Balaban J connectivity index is 1.53. The number of nitrogens with one attached hydrogen (secondary N) is 1. The number of carbonyl (C=O) groups is 1. The fraction of sp³-hybridized carbons (Fsp3) is 0.333. The fourth-order valence-electron chi connectivity index (χ4n) is 3.33. The molecule has 1 unspecified atom stereocenters. The Hall–Kier alpha value is -3.28. The van der Waals surface area contributed by atoms with Crippen LogP contribution in [0, 0.1) is 5.41 Å². The number of carbonyl (C=O) groups excluding carboxylic acids is 1. The summed E-state index contributed by atoms with van der Waals surface area (Å²) in [6.45, 7) is 8.88. The number of ether oxygens (including phenoxy) is 3. The Morgan fingerprint density at radius 2 is 1.83 bits per heavy atom. The Morgan fingerprint density at radius 1 is 1.07 bits per heavy atom. The number of hydrogen-bond acceptors (Lipinski definition) is 5. The molecule has 4 rings (SSSR count). The van der Waals surface area contributed by atoms with Crippen LogP contribution in [0.3, 0.4) is 0 Å². The van der Waals surface area contributed by atoms with Crippen molar-refractivity contribution in [3.8, 4) is 23.1 Å². The zero-order valence-electron chi connectivity index (χ0n) is 17.7. The molecule has 0 bridgehead atoms. The van der Waals surface area contributed by atoms with E-state index in [0.29, 0.717) is 30.6 Å². The van der Waals surface area contributed by atoms with Gasteiger partial charge >= 0.3 is 0 Å². The van der Waals surface area contributed by atoms with Gasteiger partial charge in [0.15, 0.2) is 11.5 Å². The molecule has 2 heterocycles. The van der Waals surface area contributed by atoms with Crippen LogP contribution < -0.4 is 19.5 Å². The summed E-state index contributed by atoms with van der Waals surface area (Å²) in [6.07, 6.45) is 0. The molecule has 1 aromatic heterocycles. The van der Waals surface area contributed by atoms with Crippen molar-refractivity contribution < 1.29 is 19.0 Å². The van der Waals surface area contributed by atoms with Gasteiger partial charge in [-0.1, -0.05) is 19.9 Å². The summed E-state index contributed by atoms with van der Waals surface area (Å²) in [5.41, 5.74) is 1.80. The number of nitrogens with zero attached hydrogens (tertiary/aromatic N) is 1. The van der Waals surface area contributed by atoms with E-state index in [2.05, 4.69) is 24.1 Å². The van der Waals surface area contributed by atoms with Gasteiger partial charge in [0.25, 0.3) is 0 Å². The molecule has 0 radical (unpaired) electrons. The molecule has 1 atom stereocenters. The average molecular weight is 406 g/mol. The maximum atomic E-state index is 11.3. The summed E-state index contributed by atoms with van der Waals surface area (Å²) in [5, 5.41) is 3.88. The number of aromatic nitrogens is 1. The van der Waals surface area contributed by atoms with E-state index in [1.54, 1.807) is 0 Å². The van der Waals surface area contributed by atoms with E-state index in [0.717, 1.165) is 22.2 Å². The molecular formula is C24H26N2O4. The average Bonchev–Trinajstić information content (AvgIpc) is 2.85. The van der Waals surface area contributed by atoms with Crippen molar-refractivity contribution in [2.45, 2.75) is 33.7 Å². The third-order valence-electron chi connectivity index (χ3n) is 4.98. The van der Waals surface area contributed by atoms with Gasteiger partial charge in [-0.05, 0) is 42.8 Å². The number of amides is 1. The summed E-state index contributed by atoms with van der Waals surface area (Å²) in [7, 11) is 0. The summed E-state index contributed by atoms with van der Waals surface area (Å²) < 4.78 is 17.8. The summed E-state index contributed by atoms with van der Waals surface area (Å²) >= 11 is 0. The first-order valence-electron chi connectivity index (χ1n) is 10.0. The minimum absolute atomic E-state index is 0.0454. The zero-order chi connectivity index (χ0) is 21.3. The van der Waals surface area contributed by atoms with E-state index in [1.807, 2.05) is 55.5 Å². The van der Waals surface area contributed by atoms with Crippen molar-refractivity contribution in [1.29, 1.82) is 0 Å². The Labute approximate surface area is 176 Å². The van der Waals surface area contributed by atoms with Crippen molar-refractivity contribution in [2.75, 3.05) is 13.2 Å². The molecule has 1 N–H and O–H groups in total. The van der Waals surface area contributed by atoms with Crippen LogP contribution in [0.1, 0.15) is 39.3 Å². The second kappa shape index (κ2) is 7.86. The molecule has 156 valence electrons. The molecule has 0 aliphatic carbocycles. The second-order valence-corrected chi connectivity index (χ2v) is 8.48. The molecule has 1 aliphatic heterocycles. The number of benzene rings is 2. The van der Waals surface area contributed by atoms with Crippen molar-refractivity contribution in [1.82, 2.24) is 10.3 Å². The van der Waals surface area contributed by atoms with Gasteiger partial charge in [-0.25, -0.2) is 4.98 Å². The predicted octanol–water partition coefficient (Wildman–Crippen LogP) is 5.02. The lowest BCUT2D eigenvalue weighted by Gasteiger charge is -2.19. The molecule has 1 aliphatic rings. The molecule has 0 saturated carbocycles. The normalized spacial score (nSPS) is 15.9. The molecule has 0 fully saturated rings. The SMILES string of the molecule is CC(=O)NC(C)c1ccc2nc(Oc3ccc4c(c3)OCC(C)(C)CO4)ccc2c1. The molecule has 3 aromatic rings. The molecule has 0 spiro atoms. The second-order valence-electron chi connectivity index (χ2n) is 8.48. The topological polar surface area (TPSA) is 69.7 Å². The van der Waals surface area contributed by atoms with E-state index in [-0.39, 0.29) is 17.4 Å². The quantitative estimate of drug-likeness (QED) is 0.659. The fourth-order valence-corrected chi connectivity index (χ4v) is 3.33. The lowest BCUT2D eigenvalue weighted by atomic mass is 9.97. The van der Waals surface area contributed by atoms with Gasteiger partial charge < -0.3 is 19.5 Å². The first-order chi connectivity index (χ1) is 14.3. The van der Waals surface area contributed by atoms with Gasteiger partial charge in [-0.3, -0.25) is 4.79 Å². The highest BCUT2D eigenvalue weighted by Crippen LogP contribution is 2.37. The Bertz CT molecular complexity index is 1090. The summed E-state index contributed by atoms with van der Waals surface area (Å²) in [5.74, 6) is 2.48. The van der Waals surface area contributed by atoms with Crippen LogP contribution in [0.25, 0.3) is 10.9 Å². The minimum Gasteiger partial charge on any atom is -0.489 e. The largest absolute Gasteiger partial charge is 0.489 e. The van der Waals surface area contributed by atoms with Gasteiger partial charge in [0.05, 0.1) is 24.8 Å². The lowest BCUT2D eigenvalue weighted by Crippen LogP contribution is -2.26. The number of rotatable bonds is 4. The number of fused-ring (bicyclic) bond motifs is 2. The van der Waals surface area contributed by atoms with Crippen LogP contribution in [0.5, 0.6) is 23.1 Å². The van der Waals surface area contributed by atoms with Crippen molar-refractivity contribution in [2.24, 2.45) is 5.41 Å². The van der Waals surface area contributed by atoms with Gasteiger partial charge in [-0.2, -0.15) is 0 Å². The maximum Gasteiger partial charge on any atom is 0.219 e. The van der Waals surface area contributed by atoms with Crippen molar-refractivity contribution in [3.05, 3.63) is 54.1 Å². The monoisotopic (exact) mass is 406 g/mol. The third-order valence-corrected chi connectivity index (χ3v) is 4.98. The van der Waals surface area contributed by atoms with E-state index in [1.165, 1.54) is 6.92 Å². The van der Waals surface area contributed by atoms with Gasteiger partial charge in [0, 0.05) is 29.9 Å². The van der Waals surface area contributed by atoms with Crippen LogP contribution in [-0.4, -0.2) is 24.1 Å². The van der Waals surface area contributed by atoms with E-state index < -0.39 is 0 Å². The highest BCUT2D eigenvalue weighted by Gasteiger charge is 2.25. The molecule has 30 heavy (non-hydrogen) atoms. The van der Waals surface area contributed by atoms with Crippen molar-refractivity contribution >= 4 is 16.8 Å². The van der Waals surface area contributed by atoms with E-state index >= 15 is 0 Å². The molecule has 2 aromatic carbocycles. The van der Waals surface area contributed by atoms with Crippen LogP contribution >= 0.6 is 0 Å². The predicted molar refractivity (Wildman–Crippen MR) is 115 cm³/mol. The number of pyridine rings is 1. The highest BCUT2D eigenvalue weighted by atomic mass is 16.5. The van der Waals surface area contributed by atoms with Crippen molar-refractivity contribution in [3.63, 3.8) is 0 Å². The van der Waals surface area contributed by atoms with E-state index in [4.69, 9.17) is 14.2 Å². The molecular weight excluding hydrogens is 380 g/mol. The standard InChI is InChI=1S/C24H26N2O4/c1-15(25-16(2)27)17-5-8-20-18(11-17)6-10-23(26-20)30-19-7-9-21-22(12-19)29-14-24(3,4)13-28-21/h5-12,15H,13-14H2,1-4H3,(H,25,27). The van der Waals surface area contributed by atoms with Crippen LogP contribution in [-0.2, 0) is 4.79 Å². The molecule has 0 saturated heterocycles. The zero-order valence-corrected chi connectivity index (χ0v) is 17.7. The summed E-state index contributed by atoms with van der Waals surface area (Å²) in [4.78, 5) is 15.9. The van der Waals surface area contributed by atoms with Gasteiger partial charge in [0.2, 0.25) is 11.8 Å². The van der Waals surface area contributed by atoms with Crippen LogP contribution in [0.2, 0.25) is 0 Å². The maximum absolute atomic E-state index is 11.3. The van der Waals surface area contributed by atoms with Crippen LogP contribution in [0.4, 0.5) is 0 Å². The van der Waals surface area contributed by atoms with Gasteiger partial charge in [0.1, 0.15) is 5.75 Å². The van der Waals surface area contributed by atoms with Gasteiger partial charge in [-0.15, -0.1) is 0 Å². The first-order valence-corrected chi connectivity index (χ1v) is 10.0. The Kier molecular flexibility index (Phi) is 5.24. The highest BCUT2D eigenvalue weighted by molar-refractivity contribution is 5.80. The van der Waals surface area contributed by atoms with Crippen LogP contribution in [0.15, 0.2) is 48.5 Å². The van der Waals surface area contributed by atoms with E-state index in [9.17, 15) is 4.79 Å². The first kappa shape index (κ1) is 20.0. The third kappa shape index (κ3) is 4.48. The minimum atomic E-state index is -0.0606. The molecule has 1 amide bonds. The smallest absolute Gasteiger partial charge is 0.219 e. The number of hydrogen-bond donors (Lipinski definition) is 1. The lowest BCUT2D eigenvalue weighted by molar-refractivity contribution is -0.119. The molecule has 6 heteroatoms.